The van der Waals surface area contributed by atoms with Crippen molar-refractivity contribution in [2.45, 2.75) is 31.8 Å². The van der Waals surface area contributed by atoms with Gasteiger partial charge in [-0.15, -0.1) is 0 Å². The Morgan fingerprint density at radius 1 is 1.56 bits per heavy atom. The molecule has 1 unspecified atom stereocenters. The fraction of sp³-hybridized carbons (Fsp3) is 0.500. The van der Waals surface area contributed by atoms with Gasteiger partial charge in [-0.1, -0.05) is 6.92 Å². The van der Waals surface area contributed by atoms with E-state index in [-0.39, 0.29) is 11.7 Å². The largest absolute Gasteiger partial charge is 0.489 e. The zero-order chi connectivity index (χ0) is 11.7. The fourth-order valence-corrected chi connectivity index (χ4v) is 2.09. The molecule has 2 N–H and O–H groups in total. The summed E-state index contributed by atoms with van der Waals surface area (Å²) in [6.07, 6.45) is 2.46. The number of ether oxygens (including phenoxy) is 1. The maximum Gasteiger partial charge on any atom is 0.137 e. The predicted octanol–water partition coefficient (Wildman–Crippen LogP) is 3.19. The Bertz CT molecular complexity index is 393. The highest BCUT2D eigenvalue weighted by Gasteiger charge is 2.26. The van der Waals surface area contributed by atoms with Crippen molar-refractivity contribution in [2.75, 3.05) is 6.54 Å². The summed E-state index contributed by atoms with van der Waals surface area (Å²) in [6, 6.07) is 2.95. The van der Waals surface area contributed by atoms with Crippen molar-refractivity contribution >= 4 is 15.9 Å². The summed E-state index contributed by atoms with van der Waals surface area (Å²) in [6.45, 7) is 2.46. The molecule has 4 heteroatoms. The molecule has 1 atom stereocenters. The number of nitrogens with two attached hydrogens (primary N) is 1. The summed E-state index contributed by atoms with van der Waals surface area (Å²) >= 11 is 3.35. The molecule has 0 radical (unpaired) electrons. The third kappa shape index (κ3) is 2.55. The second-order valence-electron chi connectivity index (χ2n) is 4.26. The molecule has 0 spiro atoms. The molecule has 0 heterocycles. The molecular weight excluding hydrogens is 273 g/mol. The van der Waals surface area contributed by atoms with E-state index in [0.717, 1.165) is 24.2 Å². The van der Waals surface area contributed by atoms with Crippen LogP contribution < -0.4 is 10.5 Å². The molecular formula is C12H15BrFNO. The van der Waals surface area contributed by atoms with E-state index in [0.29, 0.717) is 17.1 Å². The summed E-state index contributed by atoms with van der Waals surface area (Å²) < 4.78 is 19.8. The van der Waals surface area contributed by atoms with Crippen LogP contribution in [0.1, 0.15) is 31.2 Å². The predicted molar refractivity (Wildman–Crippen MR) is 65.2 cm³/mol. The number of halogens is 2. The number of hydrogen-bond acceptors (Lipinski definition) is 2. The molecule has 0 aromatic heterocycles. The lowest BCUT2D eigenvalue weighted by atomic mass is 10.0. The van der Waals surface area contributed by atoms with Crippen molar-refractivity contribution in [3.05, 3.63) is 28.0 Å². The minimum Gasteiger partial charge on any atom is -0.489 e. The van der Waals surface area contributed by atoms with Crippen molar-refractivity contribution < 1.29 is 9.13 Å². The molecule has 2 rings (SSSR count). The monoisotopic (exact) mass is 287 g/mol. The Labute approximate surface area is 103 Å². The highest BCUT2D eigenvalue weighted by molar-refractivity contribution is 9.10. The molecule has 1 fully saturated rings. The molecule has 0 aliphatic heterocycles. The van der Waals surface area contributed by atoms with Gasteiger partial charge < -0.3 is 10.5 Å². The van der Waals surface area contributed by atoms with E-state index < -0.39 is 0 Å². The Morgan fingerprint density at radius 2 is 2.25 bits per heavy atom. The lowest BCUT2D eigenvalue weighted by Gasteiger charge is -2.17. The van der Waals surface area contributed by atoms with Gasteiger partial charge in [-0.2, -0.15) is 0 Å². The third-order valence-electron chi connectivity index (χ3n) is 2.73. The molecule has 0 bridgehead atoms. The Hall–Kier alpha value is -0.610. The average Bonchev–Trinajstić information content (AvgIpc) is 3.04. The van der Waals surface area contributed by atoms with E-state index in [1.54, 1.807) is 0 Å². The van der Waals surface area contributed by atoms with Crippen LogP contribution in [0.2, 0.25) is 0 Å². The molecule has 1 aliphatic carbocycles. The quantitative estimate of drug-likeness (QED) is 0.923. The van der Waals surface area contributed by atoms with Gasteiger partial charge in [0.05, 0.1) is 10.6 Å². The van der Waals surface area contributed by atoms with E-state index in [1.807, 2.05) is 6.92 Å². The van der Waals surface area contributed by atoms with Crippen LogP contribution in [0.3, 0.4) is 0 Å². The average molecular weight is 288 g/mol. The summed E-state index contributed by atoms with van der Waals surface area (Å²) in [4.78, 5) is 0. The number of rotatable bonds is 4. The first-order valence-corrected chi connectivity index (χ1v) is 6.26. The van der Waals surface area contributed by atoms with Crippen LogP contribution in [0.4, 0.5) is 4.39 Å². The molecule has 1 saturated carbocycles. The van der Waals surface area contributed by atoms with E-state index in [2.05, 4.69) is 15.9 Å². The maximum absolute atomic E-state index is 13.3. The van der Waals surface area contributed by atoms with Gasteiger partial charge in [0, 0.05) is 5.56 Å². The van der Waals surface area contributed by atoms with E-state index in [4.69, 9.17) is 10.5 Å². The standard InChI is InChI=1S/C12H15BrFNO/c1-7(6-15)10-4-8(14)5-11(13)12(10)16-9-2-3-9/h4-5,7,9H,2-3,6,15H2,1H3. The molecule has 2 nitrogen and oxygen atoms in total. The second-order valence-corrected chi connectivity index (χ2v) is 5.11. The molecule has 0 amide bonds. The van der Waals surface area contributed by atoms with Gasteiger partial charge >= 0.3 is 0 Å². The zero-order valence-corrected chi connectivity index (χ0v) is 10.8. The molecule has 1 aromatic rings. The van der Waals surface area contributed by atoms with Crippen LogP contribution in [-0.4, -0.2) is 12.6 Å². The first-order chi connectivity index (χ1) is 7.61. The zero-order valence-electron chi connectivity index (χ0n) is 9.17. The van der Waals surface area contributed by atoms with Crippen molar-refractivity contribution in [3.63, 3.8) is 0 Å². The van der Waals surface area contributed by atoms with Crippen LogP contribution in [-0.2, 0) is 0 Å². The lowest BCUT2D eigenvalue weighted by Crippen LogP contribution is -2.12. The first kappa shape index (κ1) is 11.9. The summed E-state index contributed by atoms with van der Waals surface area (Å²) in [5.41, 5.74) is 6.47. The highest BCUT2D eigenvalue weighted by atomic mass is 79.9. The minimum absolute atomic E-state index is 0.0979. The molecule has 16 heavy (non-hydrogen) atoms. The van der Waals surface area contributed by atoms with Crippen LogP contribution in [0.25, 0.3) is 0 Å². The normalized spacial score (nSPS) is 17.2. The molecule has 1 aromatic carbocycles. The lowest BCUT2D eigenvalue weighted by molar-refractivity contribution is 0.296. The first-order valence-electron chi connectivity index (χ1n) is 5.47. The smallest absolute Gasteiger partial charge is 0.137 e. The van der Waals surface area contributed by atoms with Gasteiger partial charge in [0.15, 0.2) is 0 Å². The van der Waals surface area contributed by atoms with Crippen molar-refractivity contribution in [1.82, 2.24) is 0 Å². The summed E-state index contributed by atoms with van der Waals surface area (Å²) in [5, 5.41) is 0. The fourth-order valence-electron chi connectivity index (χ4n) is 1.55. The highest BCUT2D eigenvalue weighted by Crippen LogP contribution is 2.38. The minimum atomic E-state index is -0.259. The van der Waals surface area contributed by atoms with Gasteiger partial charge in [0.25, 0.3) is 0 Å². The van der Waals surface area contributed by atoms with E-state index in [1.165, 1.54) is 12.1 Å². The van der Waals surface area contributed by atoms with Gasteiger partial charge in [0.1, 0.15) is 11.6 Å². The van der Waals surface area contributed by atoms with Crippen molar-refractivity contribution in [2.24, 2.45) is 5.73 Å². The van der Waals surface area contributed by atoms with E-state index >= 15 is 0 Å². The maximum atomic E-state index is 13.3. The second kappa shape index (κ2) is 4.72. The Morgan fingerprint density at radius 3 is 2.81 bits per heavy atom. The number of benzene rings is 1. The van der Waals surface area contributed by atoms with Crippen molar-refractivity contribution in [3.8, 4) is 5.75 Å². The van der Waals surface area contributed by atoms with Crippen molar-refractivity contribution in [1.29, 1.82) is 0 Å². The third-order valence-corrected chi connectivity index (χ3v) is 3.32. The summed E-state index contributed by atoms with van der Waals surface area (Å²) in [5.74, 6) is 0.591. The Kier molecular flexibility index (Phi) is 3.50. The van der Waals surface area contributed by atoms with Gasteiger partial charge in [-0.05, 0) is 53.4 Å². The van der Waals surface area contributed by atoms with Gasteiger partial charge in [-0.3, -0.25) is 0 Å². The molecule has 88 valence electrons. The molecule has 1 aliphatic rings. The SMILES string of the molecule is CC(CN)c1cc(F)cc(Br)c1OC1CC1. The van der Waals surface area contributed by atoms with Gasteiger partial charge in [-0.25, -0.2) is 4.39 Å². The molecule has 0 saturated heterocycles. The topological polar surface area (TPSA) is 35.2 Å². The Balaban J connectivity index is 2.36. The summed E-state index contributed by atoms with van der Waals surface area (Å²) in [7, 11) is 0. The van der Waals surface area contributed by atoms with Crippen LogP contribution in [0.15, 0.2) is 16.6 Å². The van der Waals surface area contributed by atoms with Crippen LogP contribution in [0, 0.1) is 5.82 Å². The van der Waals surface area contributed by atoms with Gasteiger partial charge in [0.2, 0.25) is 0 Å². The number of hydrogen-bond donors (Lipinski definition) is 1. The van der Waals surface area contributed by atoms with Crippen LogP contribution in [0.5, 0.6) is 5.75 Å². The van der Waals surface area contributed by atoms with E-state index in [9.17, 15) is 4.39 Å². The van der Waals surface area contributed by atoms with Crippen LogP contribution >= 0.6 is 15.9 Å².